The van der Waals surface area contributed by atoms with Crippen LogP contribution in [0.5, 0.6) is 0 Å². The van der Waals surface area contributed by atoms with E-state index in [2.05, 4.69) is 10.0 Å². The van der Waals surface area contributed by atoms with E-state index in [9.17, 15) is 13.2 Å². The molecule has 1 rings (SSSR count). The van der Waals surface area contributed by atoms with E-state index in [1.54, 1.807) is 26.0 Å². The number of hydrogen-bond donors (Lipinski definition) is 3. The third-order valence-corrected chi connectivity index (χ3v) is 4.45. The van der Waals surface area contributed by atoms with E-state index in [0.717, 1.165) is 6.42 Å². The zero-order chi connectivity index (χ0) is 16.0. The summed E-state index contributed by atoms with van der Waals surface area (Å²) in [6.07, 6.45) is 1.25. The number of rotatable bonds is 8. The maximum absolute atomic E-state index is 12.0. The second-order valence-corrected chi connectivity index (χ2v) is 6.84. The van der Waals surface area contributed by atoms with Crippen LogP contribution in [-0.4, -0.2) is 31.6 Å². The van der Waals surface area contributed by atoms with Crippen molar-refractivity contribution in [2.45, 2.75) is 50.6 Å². The molecule has 0 heterocycles. The molecule has 7 heteroatoms. The van der Waals surface area contributed by atoms with E-state index in [1.165, 1.54) is 12.1 Å². The van der Waals surface area contributed by atoms with E-state index >= 15 is 0 Å². The standard InChI is InChI=1S/C14H22N2O4S/c1-4-5-13(14(17)18)15-11-6-8-12(9-7-11)21(19,20)16-10(2)3/h6-10,13,15-16H,4-5H2,1-3H3,(H,17,18). The van der Waals surface area contributed by atoms with Crippen LogP contribution in [0.4, 0.5) is 5.69 Å². The molecule has 0 aliphatic rings. The van der Waals surface area contributed by atoms with Gasteiger partial charge in [0, 0.05) is 11.7 Å². The Hall–Kier alpha value is -1.60. The molecule has 1 unspecified atom stereocenters. The Morgan fingerprint density at radius 2 is 1.81 bits per heavy atom. The minimum absolute atomic E-state index is 0.157. The van der Waals surface area contributed by atoms with Gasteiger partial charge in [-0.1, -0.05) is 13.3 Å². The highest BCUT2D eigenvalue weighted by molar-refractivity contribution is 7.89. The van der Waals surface area contributed by atoms with Crippen LogP contribution in [0.15, 0.2) is 29.2 Å². The molecule has 0 bridgehead atoms. The molecule has 3 N–H and O–H groups in total. The third-order valence-electron chi connectivity index (χ3n) is 2.77. The van der Waals surface area contributed by atoms with E-state index < -0.39 is 22.0 Å². The predicted molar refractivity (Wildman–Crippen MR) is 81.9 cm³/mol. The lowest BCUT2D eigenvalue weighted by Crippen LogP contribution is -2.30. The van der Waals surface area contributed by atoms with Crippen molar-refractivity contribution in [3.63, 3.8) is 0 Å². The highest BCUT2D eigenvalue weighted by atomic mass is 32.2. The van der Waals surface area contributed by atoms with E-state index in [0.29, 0.717) is 12.1 Å². The quantitative estimate of drug-likeness (QED) is 0.682. The van der Waals surface area contributed by atoms with Gasteiger partial charge in [-0.3, -0.25) is 0 Å². The summed E-state index contributed by atoms with van der Waals surface area (Å²) in [6.45, 7) is 5.40. The van der Waals surface area contributed by atoms with E-state index in [4.69, 9.17) is 5.11 Å². The van der Waals surface area contributed by atoms with Crippen molar-refractivity contribution < 1.29 is 18.3 Å². The summed E-state index contributed by atoms with van der Waals surface area (Å²) in [6, 6.07) is 5.19. The van der Waals surface area contributed by atoms with Crippen molar-refractivity contribution in [3.05, 3.63) is 24.3 Å². The van der Waals surface area contributed by atoms with Crippen LogP contribution in [0.25, 0.3) is 0 Å². The second-order valence-electron chi connectivity index (χ2n) is 5.12. The van der Waals surface area contributed by atoms with Crippen molar-refractivity contribution in [2.75, 3.05) is 5.32 Å². The molecule has 21 heavy (non-hydrogen) atoms. The molecule has 0 radical (unpaired) electrons. The van der Waals surface area contributed by atoms with Crippen LogP contribution in [0.2, 0.25) is 0 Å². The Kier molecular flexibility index (Phi) is 6.17. The van der Waals surface area contributed by atoms with Crippen molar-refractivity contribution in [1.29, 1.82) is 0 Å². The fourth-order valence-electron chi connectivity index (χ4n) is 1.86. The summed E-state index contributed by atoms with van der Waals surface area (Å²) in [5.41, 5.74) is 0.583. The highest BCUT2D eigenvalue weighted by Crippen LogP contribution is 2.16. The number of anilines is 1. The maximum Gasteiger partial charge on any atom is 0.326 e. The first-order chi connectivity index (χ1) is 9.76. The molecule has 6 nitrogen and oxygen atoms in total. The molecule has 0 saturated carbocycles. The summed E-state index contributed by atoms with van der Waals surface area (Å²) in [4.78, 5) is 11.2. The largest absolute Gasteiger partial charge is 0.480 e. The van der Waals surface area contributed by atoms with E-state index in [-0.39, 0.29) is 10.9 Å². The van der Waals surface area contributed by atoms with Gasteiger partial charge in [-0.15, -0.1) is 0 Å². The van der Waals surface area contributed by atoms with E-state index in [1.807, 2.05) is 6.92 Å². The SMILES string of the molecule is CCCC(Nc1ccc(S(=O)(=O)NC(C)C)cc1)C(=O)O. The zero-order valence-corrected chi connectivity index (χ0v) is 13.3. The number of carboxylic acids is 1. The molecule has 1 atom stereocenters. The lowest BCUT2D eigenvalue weighted by Gasteiger charge is -2.15. The average Bonchev–Trinajstić information content (AvgIpc) is 2.37. The highest BCUT2D eigenvalue weighted by Gasteiger charge is 2.17. The number of nitrogens with one attached hydrogen (secondary N) is 2. The normalized spacial score (nSPS) is 13.1. The molecule has 1 aromatic rings. The van der Waals surface area contributed by atoms with Crippen LogP contribution < -0.4 is 10.0 Å². The number of hydrogen-bond acceptors (Lipinski definition) is 4. The van der Waals surface area contributed by atoms with Gasteiger partial charge >= 0.3 is 5.97 Å². The van der Waals surface area contributed by atoms with Crippen molar-refractivity contribution in [3.8, 4) is 0 Å². The Labute approximate surface area is 125 Å². The summed E-state index contributed by atoms with van der Waals surface area (Å²) in [5, 5.41) is 12.0. The summed E-state index contributed by atoms with van der Waals surface area (Å²) in [7, 11) is -3.53. The first-order valence-electron chi connectivity index (χ1n) is 6.88. The van der Waals surface area contributed by atoms with Gasteiger partial charge in [-0.05, 0) is 44.5 Å². The van der Waals surface area contributed by atoms with Crippen molar-refractivity contribution in [2.24, 2.45) is 0 Å². The zero-order valence-electron chi connectivity index (χ0n) is 12.5. The topological polar surface area (TPSA) is 95.5 Å². The van der Waals surface area contributed by atoms with Crippen molar-refractivity contribution >= 4 is 21.7 Å². The van der Waals surface area contributed by atoms with Gasteiger partial charge in [0.25, 0.3) is 0 Å². The molecular formula is C14H22N2O4S. The lowest BCUT2D eigenvalue weighted by atomic mass is 10.1. The average molecular weight is 314 g/mol. The minimum atomic E-state index is -3.53. The van der Waals surface area contributed by atoms with Gasteiger partial charge < -0.3 is 10.4 Å². The number of carbonyl (C=O) groups is 1. The van der Waals surface area contributed by atoms with Gasteiger partial charge in [0.1, 0.15) is 6.04 Å². The lowest BCUT2D eigenvalue weighted by molar-refractivity contribution is -0.138. The Balaban J connectivity index is 2.85. The van der Waals surface area contributed by atoms with Gasteiger partial charge in [-0.25, -0.2) is 17.9 Å². The van der Waals surface area contributed by atoms with Crippen LogP contribution in [0.1, 0.15) is 33.6 Å². The molecule has 0 amide bonds. The summed E-state index contributed by atoms with van der Waals surface area (Å²) >= 11 is 0. The number of aliphatic carboxylic acids is 1. The molecule has 0 aliphatic heterocycles. The Morgan fingerprint density at radius 1 is 1.24 bits per heavy atom. The monoisotopic (exact) mass is 314 g/mol. The van der Waals surface area contributed by atoms with Gasteiger partial charge in [0.05, 0.1) is 4.90 Å². The van der Waals surface area contributed by atoms with Crippen LogP contribution in [0.3, 0.4) is 0 Å². The Bertz CT molecular complexity index is 567. The molecule has 118 valence electrons. The number of sulfonamides is 1. The molecule has 0 aromatic heterocycles. The molecule has 0 fully saturated rings. The van der Waals surface area contributed by atoms with Crippen molar-refractivity contribution in [1.82, 2.24) is 4.72 Å². The molecule has 0 spiro atoms. The molecule has 0 saturated heterocycles. The van der Waals surface area contributed by atoms with Gasteiger partial charge in [-0.2, -0.15) is 0 Å². The van der Waals surface area contributed by atoms with Crippen LogP contribution in [-0.2, 0) is 14.8 Å². The maximum atomic E-state index is 12.0. The molecule has 0 aliphatic carbocycles. The van der Waals surface area contributed by atoms with Gasteiger partial charge in [0.15, 0.2) is 0 Å². The summed E-state index contributed by atoms with van der Waals surface area (Å²) < 4.78 is 26.4. The predicted octanol–water partition coefficient (Wildman–Crippen LogP) is 2.04. The fraction of sp³-hybridized carbons (Fsp3) is 0.500. The number of benzene rings is 1. The Morgan fingerprint density at radius 3 is 2.24 bits per heavy atom. The fourth-order valence-corrected chi connectivity index (χ4v) is 3.11. The molecular weight excluding hydrogens is 292 g/mol. The first kappa shape index (κ1) is 17.5. The first-order valence-corrected chi connectivity index (χ1v) is 8.36. The van der Waals surface area contributed by atoms with Crippen LogP contribution >= 0.6 is 0 Å². The second kappa shape index (κ2) is 7.42. The third kappa shape index (κ3) is 5.35. The smallest absolute Gasteiger partial charge is 0.326 e. The molecule has 1 aromatic carbocycles. The number of carboxylic acid groups (broad SMARTS) is 1. The van der Waals surface area contributed by atoms with Gasteiger partial charge in [0.2, 0.25) is 10.0 Å². The summed E-state index contributed by atoms with van der Waals surface area (Å²) in [5.74, 6) is -0.921. The van der Waals surface area contributed by atoms with Crippen LogP contribution in [0, 0.1) is 0 Å². The minimum Gasteiger partial charge on any atom is -0.480 e.